The van der Waals surface area contributed by atoms with E-state index < -0.39 is 0 Å². The summed E-state index contributed by atoms with van der Waals surface area (Å²) in [7, 11) is 0. The maximum Gasteiger partial charge on any atom is 0.0329 e. The first-order valence-corrected chi connectivity index (χ1v) is 5.77. The summed E-state index contributed by atoms with van der Waals surface area (Å²) in [6.45, 7) is 3.73. The van der Waals surface area contributed by atoms with Crippen LogP contribution in [0.25, 0.3) is 0 Å². The molecule has 15 heavy (non-hydrogen) atoms. The highest BCUT2D eigenvalue weighted by molar-refractivity contribution is 5.29. The summed E-state index contributed by atoms with van der Waals surface area (Å²) < 4.78 is 0. The molecule has 1 aliphatic carbocycles. The van der Waals surface area contributed by atoms with Gasteiger partial charge in [-0.05, 0) is 36.3 Å². The van der Waals surface area contributed by atoms with Crippen LogP contribution in [-0.4, -0.2) is 0 Å². The van der Waals surface area contributed by atoms with Gasteiger partial charge in [0.15, 0.2) is 0 Å². The van der Waals surface area contributed by atoms with Gasteiger partial charge >= 0.3 is 0 Å². The van der Waals surface area contributed by atoms with Gasteiger partial charge in [0.05, 0.1) is 0 Å². The number of hydrogen-bond acceptors (Lipinski definition) is 1. The summed E-state index contributed by atoms with van der Waals surface area (Å²) in [5.41, 5.74) is 8.78. The zero-order valence-corrected chi connectivity index (χ0v) is 9.15. The van der Waals surface area contributed by atoms with E-state index in [4.69, 9.17) is 5.73 Å². The average molecular weight is 201 g/mol. The largest absolute Gasteiger partial charge is 0.324 e. The SMILES string of the molecule is C=CCC(N)c1cccc(C2CCC2)c1. The van der Waals surface area contributed by atoms with Crippen molar-refractivity contribution in [3.63, 3.8) is 0 Å². The van der Waals surface area contributed by atoms with E-state index in [1.807, 2.05) is 6.08 Å². The van der Waals surface area contributed by atoms with E-state index in [9.17, 15) is 0 Å². The van der Waals surface area contributed by atoms with Crippen LogP contribution in [0.2, 0.25) is 0 Å². The van der Waals surface area contributed by atoms with Crippen molar-refractivity contribution >= 4 is 0 Å². The van der Waals surface area contributed by atoms with Gasteiger partial charge in [0.2, 0.25) is 0 Å². The molecule has 1 aliphatic rings. The fourth-order valence-electron chi connectivity index (χ4n) is 2.10. The average Bonchev–Trinajstić information content (AvgIpc) is 2.16. The first-order chi connectivity index (χ1) is 7.31. The molecule has 0 aliphatic heterocycles. The maximum atomic E-state index is 6.06. The molecular weight excluding hydrogens is 182 g/mol. The molecule has 1 aromatic rings. The van der Waals surface area contributed by atoms with Crippen molar-refractivity contribution in [2.75, 3.05) is 0 Å². The first kappa shape index (κ1) is 10.4. The molecule has 1 nitrogen and oxygen atoms in total. The van der Waals surface area contributed by atoms with Crippen LogP contribution < -0.4 is 5.73 Å². The third-order valence-electron chi connectivity index (χ3n) is 3.34. The second-order valence-corrected chi connectivity index (χ2v) is 4.43. The number of hydrogen-bond donors (Lipinski definition) is 1. The molecule has 1 heteroatoms. The Bertz CT molecular complexity index is 339. The van der Waals surface area contributed by atoms with Gasteiger partial charge in [0, 0.05) is 6.04 Å². The zero-order chi connectivity index (χ0) is 10.7. The van der Waals surface area contributed by atoms with Gasteiger partial charge in [-0.2, -0.15) is 0 Å². The van der Waals surface area contributed by atoms with Crippen molar-refractivity contribution in [2.45, 2.75) is 37.6 Å². The van der Waals surface area contributed by atoms with Gasteiger partial charge in [0.1, 0.15) is 0 Å². The van der Waals surface area contributed by atoms with E-state index >= 15 is 0 Å². The van der Waals surface area contributed by atoms with E-state index in [0.29, 0.717) is 0 Å². The zero-order valence-electron chi connectivity index (χ0n) is 9.15. The highest BCUT2D eigenvalue weighted by atomic mass is 14.6. The molecular formula is C14H19N. The molecule has 0 amide bonds. The quantitative estimate of drug-likeness (QED) is 0.741. The highest BCUT2D eigenvalue weighted by Gasteiger charge is 2.19. The molecule has 0 saturated heterocycles. The minimum Gasteiger partial charge on any atom is -0.324 e. The van der Waals surface area contributed by atoms with Crippen LogP contribution in [0, 0.1) is 0 Å². The van der Waals surface area contributed by atoms with Crippen LogP contribution >= 0.6 is 0 Å². The molecule has 0 radical (unpaired) electrons. The van der Waals surface area contributed by atoms with E-state index in [-0.39, 0.29) is 6.04 Å². The summed E-state index contributed by atoms with van der Waals surface area (Å²) >= 11 is 0. The molecule has 2 rings (SSSR count). The Hall–Kier alpha value is -1.08. The van der Waals surface area contributed by atoms with Gasteiger partial charge in [-0.25, -0.2) is 0 Å². The predicted molar refractivity (Wildman–Crippen MR) is 64.8 cm³/mol. The molecule has 2 N–H and O–H groups in total. The molecule has 1 aromatic carbocycles. The molecule has 1 atom stereocenters. The van der Waals surface area contributed by atoms with E-state index in [0.717, 1.165) is 12.3 Å². The van der Waals surface area contributed by atoms with Crippen LogP contribution in [0.5, 0.6) is 0 Å². The normalized spacial score (nSPS) is 18.2. The van der Waals surface area contributed by atoms with Crippen LogP contribution in [0.3, 0.4) is 0 Å². The van der Waals surface area contributed by atoms with E-state index in [1.54, 1.807) is 0 Å². The smallest absolute Gasteiger partial charge is 0.0329 e. The van der Waals surface area contributed by atoms with Crippen LogP contribution in [0.1, 0.15) is 48.8 Å². The first-order valence-electron chi connectivity index (χ1n) is 5.77. The minimum absolute atomic E-state index is 0.113. The Morgan fingerprint density at radius 1 is 1.47 bits per heavy atom. The molecule has 0 bridgehead atoms. The molecule has 0 spiro atoms. The highest BCUT2D eigenvalue weighted by Crippen LogP contribution is 2.36. The van der Waals surface area contributed by atoms with Crippen LogP contribution in [0.4, 0.5) is 0 Å². The molecule has 80 valence electrons. The third kappa shape index (κ3) is 2.29. The standard InChI is InChI=1S/C14H19N/c1-2-5-14(15)13-9-4-8-12(10-13)11-6-3-7-11/h2,4,8-11,14H,1,3,5-7,15H2. The van der Waals surface area contributed by atoms with E-state index in [2.05, 4.69) is 30.8 Å². The topological polar surface area (TPSA) is 26.0 Å². The predicted octanol–water partition coefficient (Wildman–Crippen LogP) is 3.53. The van der Waals surface area contributed by atoms with Crippen molar-refractivity contribution in [2.24, 2.45) is 5.73 Å². The summed E-state index contributed by atoms with van der Waals surface area (Å²) in [4.78, 5) is 0. The molecule has 1 saturated carbocycles. The van der Waals surface area contributed by atoms with Gasteiger partial charge in [0.25, 0.3) is 0 Å². The monoisotopic (exact) mass is 201 g/mol. The van der Waals surface area contributed by atoms with Gasteiger partial charge in [-0.15, -0.1) is 6.58 Å². The van der Waals surface area contributed by atoms with Crippen LogP contribution in [0.15, 0.2) is 36.9 Å². The van der Waals surface area contributed by atoms with Crippen molar-refractivity contribution in [1.29, 1.82) is 0 Å². The van der Waals surface area contributed by atoms with Gasteiger partial charge in [-0.3, -0.25) is 0 Å². The van der Waals surface area contributed by atoms with Gasteiger partial charge < -0.3 is 5.73 Å². The van der Waals surface area contributed by atoms with Crippen LogP contribution in [-0.2, 0) is 0 Å². The fourth-order valence-corrected chi connectivity index (χ4v) is 2.10. The number of rotatable bonds is 4. The number of nitrogens with two attached hydrogens (primary N) is 1. The van der Waals surface area contributed by atoms with E-state index in [1.165, 1.54) is 30.4 Å². The molecule has 0 aromatic heterocycles. The summed E-state index contributed by atoms with van der Waals surface area (Å²) in [5.74, 6) is 0.792. The van der Waals surface area contributed by atoms with Crippen molar-refractivity contribution in [3.05, 3.63) is 48.0 Å². The maximum absolute atomic E-state index is 6.06. The van der Waals surface area contributed by atoms with Crippen molar-refractivity contribution in [1.82, 2.24) is 0 Å². The second kappa shape index (κ2) is 4.63. The Morgan fingerprint density at radius 3 is 2.87 bits per heavy atom. The molecule has 1 unspecified atom stereocenters. The summed E-state index contributed by atoms with van der Waals surface area (Å²) in [6.07, 6.45) is 6.82. The van der Waals surface area contributed by atoms with Crippen molar-refractivity contribution in [3.8, 4) is 0 Å². The Balaban J connectivity index is 2.14. The lowest BCUT2D eigenvalue weighted by atomic mass is 9.79. The number of benzene rings is 1. The lowest BCUT2D eigenvalue weighted by Gasteiger charge is -2.26. The van der Waals surface area contributed by atoms with Gasteiger partial charge in [-0.1, -0.05) is 36.8 Å². The second-order valence-electron chi connectivity index (χ2n) is 4.43. The van der Waals surface area contributed by atoms with Crippen molar-refractivity contribution < 1.29 is 0 Å². The summed E-state index contributed by atoms with van der Waals surface area (Å²) in [6, 6.07) is 8.87. The Morgan fingerprint density at radius 2 is 2.27 bits per heavy atom. The molecule has 1 fully saturated rings. The Labute approximate surface area is 92.0 Å². The Kier molecular flexibility index (Phi) is 3.22. The fraction of sp³-hybridized carbons (Fsp3) is 0.429. The third-order valence-corrected chi connectivity index (χ3v) is 3.34. The summed E-state index contributed by atoms with van der Waals surface area (Å²) in [5, 5.41) is 0. The lowest BCUT2D eigenvalue weighted by molar-refractivity contribution is 0.419. The minimum atomic E-state index is 0.113. The lowest BCUT2D eigenvalue weighted by Crippen LogP contribution is -2.12. The molecule has 0 heterocycles.